The highest BCUT2D eigenvalue weighted by atomic mass is 16.3. The van der Waals surface area contributed by atoms with E-state index in [9.17, 15) is 5.11 Å². The van der Waals surface area contributed by atoms with E-state index in [4.69, 9.17) is 0 Å². The molecule has 2 aromatic carbocycles. The second-order valence-corrected chi connectivity index (χ2v) is 7.41. The molecule has 3 nitrogen and oxygen atoms in total. The van der Waals surface area contributed by atoms with Crippen LogP contribution in [0.3, 0.4) is 0 Å². The third kappa shape index (κ3) is 4.76. The zero-order valence-electron chi connectivity index (χ0n) is 15.4. The van der Waals surface area contributed by atoms with Crippen LogP contribution in [0.25, 0.3) is 0 Å². The lowest BCUT2D eigenvalue weighted by Gasteiger charge is -2.32. The molecule has 2 aromatic rings. The maximum absolute atomic E-state index is 9.47. The van der Waals surface area contributed by atoms with Crippen molar-refractivity contribution in [3.63, 3.8) is 0 Å². The molecule has 0 heterocycles. The molecule has 0 amide bonds. The minimum Gasteiger partial charge on any atom is -0.508 e. The van der Waals surface area contributed by atoms with Crippen LogP contribution in [0.15, 0.2) is 48.5 Å². The van der Waals surface area contributed by atoms with E-state index in [1.165, 1.54) is 48.9 Å². The highest BCUT2D eigenvalue weighted by molar-refractivity contribution is 5.48. The van der Waals surface area contributed by atoms with Gasteiger partial charge in [-0.1, -0.05) is 43.5 Å². The molecule has 0 radical (unpaired) electrons. The van der Waals surface area contributed by atoms with E-state index in [1.54, 1.807) is 12.1 Å². The molecule has 1 unspecified atom stereocenters. The van der Waals surface area contributed by atoms with Crippen LogP contribution in [0.5, 0.6) is 5.75 Å². The summed E-state index contributed by atoms with van der Waals surface area (Å²) in [6, 6.07) is 16.8. The molecule has 2 N–H and O–H groups in total. The second-order valence-electron chi connectivity index (χ2n) is 7.41. The van der Waals surface area contributed by atoms with Gasteiger partial charge in [0.2, 0.25) is 0 Å². The maximum Gasteiger partial charge on any atom is 0.115 e. The average molecular weight is 338 g/mol. The van der Waals surface area contributed by atoms with Gasteiger partial charge in [0.15, 0.2) is 0 Å². The Labute approximate surface area is 151 Å². The second kappa shape index (κ2) is 8.39. The Morgan fingerprint density at radius 2 is 1.76 bits per heavy atom. The predicted octanol–water partition coefficient (Wildman–Crippen LogP) is 4.87. The fourth-order valence-electron chi connectivity index (χ4n) is 3.86. The molecular weight excluding hydrogens is 308 g/mol. The van der Waals surface area contributed by atoms with E-state index in [0.29, 0.717) is 17.7 Å². The Hall–Kier alpha value is -2.00. The third-order valence-corrected chi connectivity index (χ3v) is 5.33. The molecular formula is C22H30N2O. The molecule has 0 saturated heterocycles. The fraction of sp³-hybridized carbons (Fsp3) is 0.455. The molecule has 134 valence electrons. The number of nitrogens with one attached hydrogen (secondary N) is 1. The topological polar surface area (TPSA) is 35.5 Å². The van der Waals surface area contributed by atoms with Crippen LogP contribution in [0.4, 0.5) is 5.69 Å². The highest BCUT2D eigenvalue weighted by Crippen LogP contribution is 2.35. The van der Waals surface area contributed by atoms with Crippen molar-refractivity contribution in [3.8, 4) is 5.75 Å². The molecule has 1 saturated carbocycles. The van der Waals surface area contributed by atoms with E-state index in [1.807, 2.05) is 12.1 Å². The molecule has 3 heteroatoms. The summed E-state index contributed by atoms with van der Waals surface area (Å²) in [6.07, 6.45) is 6.67. The number of anilines is 1. The smallest absolute Gasteiger partial charge is 0.115 e. The van der Waals surface area contributed by atoms with Crippen molar-refractivity contribution in [3.05, 3.63) is 59.7 Å². The molecule has 1 aliphatic carbocycles. The van der Waals surface area contributed by atoms with Crippen molar-refractivity contribution in [1.82, 2.24) is 5.32 Å². The standard InChI is InChI=1S/C22H30N2O/c1-24(2)20-10-6-9-19(15-20)22(18-7-4-3-5-8-18)23-16-17-11-13-21(25)14-12-17/h6,9-15,18,22-23,25H,3-5,7-8,16H2,1-2H3. The summed E-state index contributed by atoms with van der Waals surface area (Å²) in [7, 11) is 4.19. The molecule has 25 heavy (non-hydrogen) atoms. The average Bonchev–Trinajstić information content (AvgIpc) is 2.64. The number of aromatic hydroxyl groups is 1. The summed E-state index contributed by atoms with van der Waals surface area (Å²) in [5.74, 6) is 1.02. The van der Waals surface area contributed by atoms with Gasteiger partial charge in [0.05, 0.1) is 0 Å². The predicted molar refractivity (Wildman–Crippen MR) is 105 cm³/mol. The number of benzene rings is 2. The Kier molecular flexibility index (Phi) is 5.98. The lowest BCUT2D eigenvalue weighted by Crippen LogP contribution is -2.29. The van der Waals surface area contributed by atoms with Crippen LogP contribution in [0.2, 0.25) is 0 Å². The Morgan fingerprint density at radius 3 is 2.44 bits per heavy atom. The van der Waals surface area contributed by atoms with E-state index in [0.717, 1.165) is 6.54 Å². The van der Waals surface area contributed by atoms with Gasteiger partial charge in [0, 0.05) is 32.4 Å². The number of phenols is 1. The summed E-state index contributed by atoms with van der Waals surface area (Å²) in [5, 5.41) is 13.3. The lowest BCUT2D eigenvalue weighted by atomic mass is 9.81. The molecule has 0 bridgehead atoms. The first-order chi connectivity index (χ1) is 12.1. The van der Waals surface area contributed by atoms with Gasteiger partial charge in [0.1, 0.15) is 5.75 Å². The highest BCUT2D eigenvalue weighted by Gasteiger charge is 2.25. The normalized spacial score (nSPS) is 16.6. The van der Waals surface area contributed by atoms with Gasteiger partial charge in [-0.2, -0.15) is 0 Å². The SMILES string of the molecule is CN(C)c1cccc(C(NCc2ccc(O)cc2)C2CCCCC2)c1. The third-order valence-electron chi connectivity index (χ3n) is 5.33. The molecule has 3 rings (SSSR count). The van der Waals surface area contributed by atoms with Gasteiger partial charge >= 0.3 is 0 Å². The number of hydrogen-bond acceptors (Lipinski definition) is 3. The van der Waals surface area contributed by atoms with Crippen molar-refractivity contribution in [1.29, 1.82) is 0 Å². The van der Waals surface area contributed by atoms with Crippen molar-refractivity contribution >= 4 is 5.69 Å². The first-order valence-electron chi connectivity index (χ1n) is 9.42. The van der Waals surface area contributed by atoms with Crippen LogP contribution < -0.4 is 10.2 Å². The summed E-state index contributed by atoms with van der Waals surface area (Å²) in [6.45, 7) is 0.827. The van der Waals surface area contributed by atoms with Gasteiger partial charge in [-0.25, -0.2) is 0 Å². The van der Waals surface area contributed by atoms with Gasteiger partial charge in [-0.3, -0.25) is 0 Å². The minimum atomic E-state index is 0.325. The Morgan fingerprint density at radius 1 is 1.04 bits per heavy atom. The molecule has 1 aliphatic rings. The van der Waals surface area contributed by atoms with Gasteiger partial charge < -0.3 is 15.3 Å². The minimum absolute atomic E-state index is 0.325. The van der Waals surface area contributed by atoms with E-state index in [2.05, 4.69) is 48.6 Å². The zero-order valence-corrected chi connectivity index (χ0v) is 15.4. The molecule has 1 fully saturated rings. The van der Waals surface area contributed by atoms with Crippen molar-refractivity contribution in [2.24, 2.45) is 5.92 Å². The Bertz CT molecular complexity index is 660. The Balaban J connectivity index is 1.79. The zero-order chi connectivity index (χ0) is 17.6. The van der Waals surface area contributed by atoms with Gasteiger partial charge in [-0.15, -0.1) is 0 Å². The summed E-state index contributed by atoms with van der Waals surface area (Å²) in [5.41, 5.74) is 3.85. The quantitative estimate of drug-likeness (QED) is 0.789. The van der Waals surface area contributed by atoms with Crippen LogP contribution in [-0.2, 0) is 6.54 Å². The summed E-state index contributed by atoms with van der Waals surface area (Å²) < 4.78 is 0. The van der Waals surface area contributed by atoms with Gasteiger partial charge in [-0.05, 0) is 54.2 Å². The van der Waals surface area contributed by atoms with E-state index >= 15 is 0 Å². The van der Waals surface area contributed by atoms with Crippen molar-refractivity contribution in [2.45, 2.75) is 44.7 Å². The maximum atomic E-state index is 9.47. The van der Waals surface area contributed by atoms with Gasteiger partial charge in [0.25, 0.3) is 0 Å². The van der Waals surface area contributed by atoms with Crippen LogP contribution in [0, 0.1) is 5.92 Å². The molecule has 0 aliphatic heterocycles. The number of rotatable bonds is 6. The molecule has 0 aromatic heterocycles. The molecule has 1 atom stereocenters. The van der Waals surface area contributed by atoms with Crippen molar-refractivity contribution in [2.75, 3.05) is 19.0 Å². The monoisotopic (exact) mass is 338 g/mol. The molecule has 0 spiro atoms. The van der Waals surface area contributed by atoms with E-state index < -0.39 is 0 Å². The lowest BCUT2D eigenvalue weighted by molar-refractivity contribution is 0.270. The van der Waals surface area contributed by atoms with Crippen LogP contribution in [0.1, 0.15) is 49.3 Å². The first kappa shape index (κ1) is 17.8. The summed E-state index contributed by atoms with van der Waals surface area (Å²) >= 11 is 0. The first-order valence-corrected chi connectivity index (χ1v) is 9.42. The van der Waals surface area contributed by atoms with E-state index in [-0.39, 0.29) is 0 Å². The van der Waals surface area contributed by atoms with Crippen LogP contribution >= 0.6 is 0 Å². The van der Waals surface area contributed by atoms with Crippen LogP contribution in [-0.4, -0.2) is 19.2 Å². The largest absolute Gasteiger partial charge is 0.508 e. The van der Waals surface area contributed by atoms with Crippen molar-refractivity contribution < 1.29 is 5.11 Å². The number of phenolic OH excluding ortho intramolecular Hbond substituents is 1. The number of nitrogens with zero attached hydrogens (tertiary/aromatic N) is 1. The fourth-order valence-corrected chi connectivity index (χ4v) is 3.86. The number of hydrogen-bond donors (Lipinski definition) is 2. The summed E-state index contributed by atoms with van der Waals surface area (Å²) in [4.78, 5) is 2.17.